The third-order valence-electron chi connectivity index (χ3n) is 3.22. The second-order valence-electron chi connectivity index (χ2n) is 4.45. The summed E-state index contributed by atoms with van der Waals surface area (Å²) in [6.45, 7) is 0. The number of nitrogens with two attached hydrogens (primary N) is 1. The van der Waals surface area contributed by atoms with Gasteiger partial charge in [-0.1, -0.05) is 53.2 Å². The Hall–Kier alpha value is -1.91. The lowest BCUT2D eigenvalue weighted by molar-refractivity contribution is 0.439. The number of hydrogen-bond acceptors (Lipinski definition) is 4. The van der Waals surface area contributed by atoms with Crippen LogP contribution in [0.1, 0.15) is 0 Å². The molecule has 0 amide bonds. The molecule has 5 heteroatoms. The molecule has 3 rings (SSSR count). The Labute approximate surface area is 132 Å². The number of aromatic nitrogens is 1. The molecule has 0 aliphatic heterocycles. The van der Waals surface area contributed by atoms with E-state index in [1.54, 1.807) is 11.8 Å². The fourth-order valence-corrected chi connectivity index (χ4v) is 3.08. The van der Waals surface area contributed by atoms with E-state index in [9.17, 15) is 0 Å². The van der Waals surface area contributed by atoms with Gasteiger partial charge in [-0.2, -0.15) is 0 Å². The minimum atomic E-state index is 0.272. The number of nitrogens with zero attached hydrogens (tertiary/aromatic N) is 1. The van der Waals surface area contributed by atoms with Crippen molar-refractivity contribution in [2.24, 2.45) is 0 Å². The van der Waals surface area contributed by atoms with Gasteiger partial charge >= 0.3 is 0 Å². The third-order valence-corrected chi connectivity index (χ3v) is 4.35. The van der Waals surface area contributed by atoms with Crippen molar-refractivity contribution in [3.05, 3.63) is 53.6 Å². The Balaban J connectivity index is 2.25. The molecule has 106 valence electrons. The van der Waals surface area contributed by atoms with Crippen molar-refractivity contribution in [2.45, 2.75) is 4.90 Å². The summed E-state index contributed by atoms with van der Waals surface area (Å²) in [5.74, 6) is 0.272. The minimum Gasteiger partial charge on any atom is -0.367 e. The highest BCUT2D eigenvalue weighted by Gasteiger charge is 2.20. The normalized spacial score (nSPS) is 10.8. The molecule has 0 atom stereocenters. The first kappa shape index (κ1) is 14.0. The molecule has 21 heavy (non-hydrogen) atoms. The molecule has 0 saturated carbocycles. The van der Waals surface area contributed by atoms with E-state index in [0.29, 0.717) is 10.7 Å². The Kier molecular flexibility index (Phi) is 3.90. The fourth-order valence-electron chi connectivity index (χ4n) is 2.25. The zero-order valence-electron chi connectivity index (χ0n) is 11.3. The smallest absolute Gasteiger partial charge is 0.230 e. The van der Waals surface area contributed by atoms with Gasteiger partial charge in [0, 0.05) is 21.0 Å². The van der Waals surface area contributed by atoms with Gasteiger partial charge in [-0.15, -0.1) is 11.8 Å². The van der Waals surface area contributed by atoms with E-state index in [0.717, 1.165) is 21.6 Å². The van der Waals surface area contributed by atoms with Crippen LogP contribution in [0.5, 0.6) is 0 Å². The van der Waals surface area contributed by atoms with Crippen molar-refractivity contribution in [1.29, 1.82) is 0 Å². The quantitative estimate of drug-likeness (QED) is 0.693. The molecule has 0 saturated heterocycles. The van der Waals surface area contributed by atoms with Crippen LogP contribution < -0.4 is 5.73 Å². The van der Waals surface area contributed by atoms with Gasteiger partial charge in [0.1, 0.15) is 5.69 Å². The summed E-state index contributed by atoms with van der Waals surface area (Å²) in [6.07, 6.45) is 2.03. The Morgan fingerprint density at radius 3 is 2.43 bits per heavy atom. The molecule has 2 aromatic carbocycles. The number of rotatable bonds is 3. The van der Waals surface area contributed by atoms with Crippen LogP contribution in [0, 0.1) is 0 Å². The number of halogens is 1. The van der Waals surface area contributed by atoms with Gasteiger partial charge in [-0.05, 0) is 18.4 Å². The number of benzene rings is 2. The van der Waals surface area contributed by atoms with Crippen LogP contribution in [0.2, 0.25) is 5.02 Å². The second kappa shape index (κ2) is 5.84. The molecule has 0 aliphatic rings. The lowest BCUT2D eigenvalue weighted by Gasteiger charge is -2.08. The first-order valence-corrected chi connectivity index (χ1v) is 7.96. The predicted molar refractivity (Wildman–Crippen MR) is 88.6 cm³/mol. The summed E-state index contributed by atoms with van der Waals surface area (Å²) in [4.78, 5) is 1.11. The maximum Gasteiger partial charge on any atom is 0.230 e. The molecule has 1 heterocycles. The maximum atomic E-state index is 6.29. The Morgan fingerprint density at radius 2 is 1.71 bits per heavy atom. The van der Waals surface area contributed by atoms with Gasteiger partial charge in [0.05, 0.1) is 5.56 Å². The van der Waals surface area contributed by atoms with E-state index < -0.39 is 0 Å². The average molecular weight is 317 g/mol. The number of hydrogen-bond donors (Lipinski definition) is 1. The van der Waals surface area contributed by atoms with E-state index in [-0.39, 0.29) is 5.88 Å². The van der Waals surface area contributed by atoms with Gasteiger partial charge in [0.2, 0.25) is 5.88 Å². The summed E-state index contributed by atoms with van der Waals surface area (Å²) >= 11 is 7.94. The summed E-state index contributed by atoms with van der Waals surface area (Å²) in [5.41, 5.74) is 9.24. The lowest BCUT2D eigenvalue weighted by atomic mass is 10.0. The standard InChI is InChI=1S/C16H13ClN2OS/c1-21-13-9-5-3-7-11(13)15-14(16(18)20-19-15)10-6-2-4-8-12(10)17/h2-9H,18H2,1H3. The largest absolute Gasteiger partial charge is 0.367 e. The number of nitrogen functional groups attached to an aromatic ring is 1. The predicted octanol–water partition coefficient (Wildman–Crippen LogP) is 4.97. The monoisotopic (exact) mass is 316 g/mol. The maximum absolute atomic E-state index is 6.29. The van der Waals surface area contributed by atoms with Crippen molar-refractivity contribution in [1.82, 2.24) is 5.16 Å². The minimum absolute atomic E-state index is 0.272. The SMILES string of the molecule is CSc1ccccc1-c1noc(N)c1-c1ccccc1Cl. The summed E-state index contributed by atoms with van der Waals surface area (Å²) in [6, 6.07) is 15.5. The molecule has 0 spiro atoms. The van der Waals surface area contributed by atoms with E-state index in [4.69, 9.17) is 21.9 Å². The lowest BCUT2D eigenvalue weighted by Crippen LogP contribution is -1.89. The summed E-state index contributed by atoms with van der Waals surface area (Å²) in [7, 11) is 0. The average Bonchev–Trinajstić information content (AvgIpc) is 2.89. The zero-order chi connectivity index (χ0) is 14.8. The van der Waals surface area contributed by atoms with Crippen molar-refractivity contribution >= 4 is 29.2 Å². The molecule has 0 radical (unpaired) electrons. The van der Waals surface area contributed by atoms with E-state index in [1.165, 1.54) is 0 Å². The third kappa shape index (κ3) is 2.52. The first-order chi connectivity index (χ1) is 10.2. The highest BCUT2D eigenvalue weighted by molar-refractivity contribution is 7.98. The topological polar surface area (TPSA) is 52.0 Å². The summed E-state index contributed by atoms with van der Waals surface area (Å²) < 4.78 is 5.22. The molecule has 1 aromatic heterocycles. The van der Waals surface area contributed by atoms with Crippen LogP contribution in [0.3, 0.4) is 0 Å². The van der Waals surface area contributed by atoms with Crippen LogP contribution in [0.4, 0.5) is 5.88 Å². The van der Waals surface area contributed by atoms with Crippen molar-refractivity contribution in [3.63, 3.8) is 0 Å². The van der Waals surface area contributed by atoms with Gasteiger partial charge in [-0.3, -0.25) is 0 Å². The highest BCUT2D eigenvalue weighted by atomic mass is 35.5. The fraction of sp³-hybridized carbons (Fsp3) is 0.0625. The highest BCUT2D eigenvalue weighted by Crippen LogP contribution is 2.41. The molecule has 3 nitrogen and oxygen atoms in total. The molecule has 0 bridgehead atoms. The molecule has 0 unspecified atom stereocenters. The molecular weight excluding hydrogens is 304 g/mol. The second-order valence-corrected chi connectivity index (χ2v) is 5.71. The van der Waals surface area contributed by atoms with Crippen LogP contribution in [-0.2, 0) is 0 Å². The number of anilines is 1. The molecule has 2 N–H and O–H groups in total. The van der Waals surface area contributed by atoms with E-state index >= 15 is 0 Å². The van der Waals surface area contributed by atoms with E-state index in [1.807, 2.05) is 54.8 Å². The zero-order valence-corrected chi connectivity index (χ0v) is 12.9. The molecule has 3 aromatic rings. The van der Waals surface area contributed by atoms with Gasteiger partial charge in [0.15, 0.2) is 0 Å². The Morgan fingerprint density at radius 1 is 1.05 bits per heavy atom. The molecular formula is C16H13ClN2OS. The van der Waals surface area contributed by atoms with Crippen LogP contribution >= 0.6 is 23.4 Å². The van der Waals surface area contributed by atoms with Crippen LogP contribution in [-0.4, -0.2) is 11.4 Å². The molecule has 0 fully saturated rings. The van der Waals surface area contributed by atoms with E-state index in [2.05, 4.69) is 5.16 Å². The summed E-state index contributed by atoms with van der Waals surface area (Å²) in [5, 5.41) is 4.76. The van der Waals surface area contributed by atoms with Gasteiger partial charge in [-0.25, -0.2) is 0 Å². The van der Waals surface area contributed by atoms with Crippen LogP contribution in [0.15, 0.2) is 57.9 Å². The molecule has 0 aliphatic carbocycles. The van der Waals surface area contributed by atoms with Crippen LogP contribution in [0.25, 0.3) is 22.4 Å². The first-order valence-electron chi connectivity index (χ1n) is 6.36. The Bertz CT molecular complexity index is 785. The number of thioether (sulfide) groups is 1. The van der Waals surface area contributed by atoms with Crippen molar-refractivity contribution in [2.75, 3.05) is 12.0 Å². The van der Waals surface area contributed by atoms with Crippen molar-refractivity contribution < 1.29 is 4.52 Å². The van der Waals surface area contributed by atoms with Gasteiger partial charge < -0.3 is 10.3 Å². The van der Waals surface area contributed by atoms with Gasteiger partial charge in [0.25, 0.3) is 0 Å². The van der Waals surface area contributed by atoms with Crippen molar-refractivity contribution in [3.8, 4) is 22.4 Å².